The van der Waals surface area contributed by atoms with Gasteiger partial charge in [-0.1, -0.05) is 18.6 Å². The van der Waals surface area contributed by atoms with E-state index in [2.05, 4.69) is 17.5 Å². The fraction of sp³-hybridized carbons (Fsp3) is 0.818. The maximum Gasteiger partial charge on any atom is 0.0493 e. The zero-order valence-electron chi connectivity index (χ0n) is 8.08. The molecule has 13 heavy (non-hydrogen) atoms. The van der Waals surface area contributed by atoms with Gasteiger partial charge in [0.25, 0.3) is 0 Å². The van der Waals surface area contributed by atoms with Gasteiger partial charge in [-0.05, 0) is 31.1 Å². The molecular formula is C11H19NO. The molecule has 1 aliphatic carbocycles. The van der Waals surface area contributed by atoms with Crippen LogP contribution in [-0.4, -0.2) is 24.3 Å². The summed E-state index contributed by atoms with van der Waals surface area (Å²) in [7, 11) is 0. The fourth-order valence-corrected chi connectivity index (χ4v) is 2.11. The Morgan fingerprint density at radius 3 is 2.62 bits per heavy atom. The second-order valence-corrected chi connectivity index (χ2v) is 4.36. The molecule has 1 saturated heterocycles. The van der Waals surface area contributed by atoms with E-state index >= 15 is 0 Å². The monoisotopic (exact) mass is 181 g/mol. The van der Waals surface area contributed by atoms with Gasteiger partial charge in [-0.15, -0.1) is 0 Å². The van der Waals surface area contributed by atoms with Crippen LogP contribution < -0.4 is 5.32 Å². The molecule has 0 aromatic carbocycles. The van der Waals surface area contributed by atoms with Crippen molar-refractivity contribution in [2.24, 2.45) is 11.8 Å². The zero-order valence-corrected chi connectivity index (χ0v) is 8.08. The van der Waals surface area contributed by atoms with Gasteiger partial charge in [0.2, 0.25) is 0 Å². The maximum atomic E-state index is 9.03. The number of aliphatic hydroxyl groups excluding tert-OH is 1. The molecule has 0 amide bonds. The van der Waals surface area contributed by atoms with E-state index in [1.807, 2.05) is 0 Å². The van der Waals surface area contributed by atoms with Crippen molar-refractivity contribution in [2.45, 2.75) is 31.7 Å². The Morgan fingerprint density at radius 1 is 1.23 bits per heavy atom. The predicted octanol–water partition coefficient (Wildman–Crippen LogP) is 1.31. The number of aliphatic hydroxyl groups is 1. The van der Waals surface area contributed by atoms with Crippen LogP contribution in [0, 0.1) is 11.8 Å². The lowest BCUT2D eigenvalue weighted by Gasteiger charge is -2.08. The van der Waals surface area contributed by atoms with Crippen molar-refractivity contribution < 1.29 is 5.11 Å². The molecule has 2 heteroatoms. The van der Waals surface area contributed by atoms with Gasteiger partial charge in [-0.2, -0.15) is 0 Å². The predicted molar refractivity (Wildman–Crippen MR) is 53.5 cm³/mol. The van der Waals surface area contributed by atoms with Crippen LogP contribution in [0.4, 0.5) is 0 Å². The molecule has 74 valence electrons. The van der Waals surface area contributed by atoms with Crippen molar-refractivity contribution in [2.75, 3.05) is 13.2 Å². The second kappa shape index (κ2) is 4.25. The van der Waals surface area contributed by atoms with Crippen LogP contribution >= 0.6 is 0 Å². The molecule has 2 aliphatic rings. The molecular weight excluding hydrogens is 162 g/mol. The van der Waals surface area contributed by atoms with Gasteiger partial charge in [0.1, 0.15) is 0 Å². The third-order valence-electron chi connectivity index (χ3n) is 3.12. The van der Waals surface area contributed by atoms with Gasteiger partial charge in [0, 0.05) is 19.2 Å². The minimum Gasteiger partial charge on any atom is -0.396 e. The first-order chi connectivity index (χ1) is 6.38. The minimum atomic E-state index is 0.324. The van der Waals surface area contributed by atoms with Crippen molar-refractivity contribution in [1.82, 2.24) is 5.32 Å². The van der Waals surface area contributed by atoms with E-state index in [1.54, 1.807) is 0 Å². The van der Waals surface area contributed by atoms with Crippen LogP contribution in [0.25, 0.3) is 0 Å². The highest BCUT2D eigenvalue weighted by atomic mass is 16.3. The molecule has 0 spiro atoms. The molecule has 3 unspecified atom stereocenters. The molecule has 2 nitrogen and oxygen atoms in total. The summed E-state index contributed by atoms with van der Waals surface area (Å²) in [5.41, 5.74) is 0. The van der Waals surface area contributed by atoms with E-state index in [9.17, 15) is 0 Å². The van der Waals surface area contributed by atoms with Crippen LogP contribution in [-0.2, 0) is 0 Å². The topological polar surface area (TPSA) is 42.2 Å². The molecule has 0 aromatic heterocycles. The molecule has 0 bridgehead atoms. The highest BCUT2D eigenvalue weighted by Gasteiger charge is 2.24. The van der Waals surface area contributed by atoms with Crippen LogP contribution in [0.3, 0.4) is 0 Å². The van der Waals surface area contributed by atoms with E-state index in [0.717, 1.165) is 12.0 Å². The summed E-state index contributed by atoms with van der Waals surface area (Å²) in [4.78, 5) is 0. The van der Waals surface area contributed by atoms with E-state index < -0.39 is 0 Å². The largest absolute Gasteiger partial charge is 0.396 e. The molecule has 1 aliphatic heterocycles. The Balaban J connectivity index is 1.82. The van der Waals surface area contributed by atoms with Crippen molar-refractivity contribution in [3.05, 3.63) is 12.2 Å². The Hall–Kier alpha value is -0.340. The molecule has 1 fully saturated rings. The lowest BCUT2D eigenvalue weighted by Crippen LogP contribution is -2.02. The van der Waals surface area contributed by atoms with E-state index in [0.29, 0.717) is 12.5 Å². The zero-order chi connectivity index (χ0) is 9.10. The van der Waals surface area contributed by atoms with Crippen LogP contribution in [0.15, 0.2) is 12.2 Å². The Labute approximate surface area is 80.0 Å². The summed E-state index contributed by atoms with van der Waals surface area (Å²) in [6.45, 7) is 1.54. The van der Waals surface area contributed by atoms with E-state index in [-0.39, 0.29) is 0 Å². The third-order valence-corrected chi connectivity index (χ3v) is 3.12. The quantitative estimate of drug-likeness (QED) is 0.509. The SMILES string of the molecule is OCC1C=CC(CC2CN2)CCC1. The fourth-order valence-electron chi connectivity index (χ4n) is 2.11. The number of hydrogen-bond donors (Lipinski definition) is 2. The first-order valence-electron chi connectivity index (χ1n) is 5.41. The number of allylic oxidation sites excluding steroid dienone is 1. The summed E-state index contributed by atoms with van der Waals surface area (Å²) in [6, 6.07) is 0.792. The highest BCUT2D eigenvalue weighted by molar-refractivity contribution is 4.99. The second-order valence-electron chi connectivity index (χ2n) is 4.36. The first-order valence-corrected chi connectivity index (χ1v) is 5.41. The molecule has 0 radical (unpaired) electrons. The van der Waals surface area contributed by atoms with Crippen LogP contribution in [0.2, 0.25) is 0 Å². The van der Waals surface area contributed by atoms with E-state index in [4.69, 9.17) is 5.11 Å². The number of hydrogen-bond acceptors (Lipinski definition) is 2. The summed E-state index contributed by atoms with van der Waals surface area (Å²) in [5.74, 6) is 1.19. The van der Waals surface area contributed by atoms with Gasteiger partial charge in [-0.25, -0.2) is 0 Å². The summed E-state index contributed by atoms with van der Waals surface area (Å²) >= 11 is 0. The van der Waals surface area contributed by atoms with Crippen molar-refractivity contribution >= 4 is 0 Å². The molecule has 0 aromatic rings. The Morgan fingerprint density at radius 2 is 1.92 bits per heavy atom. The maximum absolute atomic E-state index is 9.03. The van der Waals surface area contributed by atoms with Crippen molar-refractivity contribution in [1.29, 1.82) is 0 Å². The van der Waals surface area contributed by atoms with Gasteiger partial charge in [-0.3, -0.25) is 0 Å². The number of rotatable bonds is 3. The van der Waals surface area contributed by atoms with Gasteiger partial charge < -0.3 is 10.4 Å². The molecule has 3 atom stereocenters. The third kappa shape index (κ3) is 2.82. The number of nitrogens with one attached hydrogen (secondary N) is 1. The van der Waals surface area contributed by atoms with Gasteiger partial charge in [0.05, 0.1) is 0 Å². The summed E-state index contributed by atoms with van der Waals surface area (Å²) in [5, 5.41) is 12.4. The smallest absolute Gasteiger partial charge is 0.0493 e. The Bertz CT molecular complexity index is 187. The van der Waals surface area contributed by atoms with Crippen LogP contribution in [0.1, 0.15) is 25.7 Å². The first kappa shape index (κ1) is 9.22. The highest BCUT2D eigenvalue weighted by Crippen LogP contribution is 2.25. The molecule has 0 saturated carbocycles. The normalized spacial score (nSPS) is 38.7. The lowest BCUT2D eigenvalue weighted by atomic mass is 9.98. The van der Waals surface area contributed by atoms with Gasteiger partial charge >= 0.3 is 0 Å². The average molecular weight is 181 g/mol. The van der Waals surface area contributed by atoms with E-state index in [1.165, 1.54) is 32.2 Å². The lowest BCUT2D eigenvalue weighted by molar-refractivity contribution is 0.245. The Kier molecular flexibility index (Phi) is 3.01. The molecule has 2 rings (SSSR count). The molecule has 1 heterocycles. The summed E-state index contributed by atoms with van der Waals surface area (Å²) < 4.78 is 0. The minimum absolute atomic E-state index is 0.324. The van der Waals surface area contributed by atoms with Gasteiger partial charge in [0.15, 0.2) is 0 Å². The summed E-state index contributed by atoms with van der Waals surface area (Å²) in [6.07, 6.45) is 9.60. The standard InChI is InChI=1S/C11H19NO/c13-8-10-3-1-2-9(4-5-10)6-11-7-12-11/h4-5,9-13H,1-3,6-8H2. The molecule has 2 N–H and O–H groups in total. The average Bonchev–Trinajstić information content (AvgIpc) is 2.93. The van der Waals surface area contributed by atoms with Crippen LogP contribution in [0.5, 0.6) is 0 Å². The van der Waals surface area contributed by atoms with Crippen molar-refractivity contribution in [3.8, 4) is 0 Å². The van der Waals surface area contributed by atoms with Crippen molar-refractivity contribution in [3.63, 3.8) is 0 Å².